The van der Waals surface area contributed by atoms with Gasteiger partial charge in [-0.25, -0.2) is 0 Å². The average molecular weight is 229 g/mol. The lowest BCUT2D eigenvalue weighted by Crippen LogP contribution is -2.13. The zero-order chi connectivity index (χ0) is 12.4. The SMILES string of the molecule is COc1cc(C)cc(-c2ccc(=O)n(C)c2)c1. The summed E-state index contributed by atoms with van der Waals surface area (Å²) in [4.78, 5) is 11.3. The summed E-state index contributed by atoms with van der Waals surface area (Å²) in [5.74, 6) is 0.828. The van der Waals surface area contributed by atoms with E-state index < -0.39 is 0 Å². The topological polar surface area (TPSA) is 31.2 Å². The van der Waals surface area contributed by atoms with Gasteiger partial charge in [-0.05, 0) is 41.8 Å². The largest absolute Gasteiger partial charge is 0.497 e. The molecule has 0 N–H and O–H groups in total. The van der Waals surface area contributed by atoms with Crippen LogP contribution in [0.3, 0.4) is 0 Å². The van der Waals surface area contributed by atoms with E-state index in [-0.39, 0.29) is 5.56 Å². The lowest BCUT2D eigenvalue weighted by molar-refractivity contribution is 0.414. The molecule has 0 bridgehead atoms. The van der Waals surface area contributed by atoms with Crippen molar-refractivity contribution in [3.8, 4) is 16.9 Å². The van der Waals surface area contributed by atoms with Crippen LogP contribution >= 0.6 is 0 Å². The number of rotatable bonds is 2. The lowest BCUT2D eigenvalue weighted by Gasteiger charge is -2.08. The van der Waals surface area contributed by atoms with Gasteiger partial charge in [0.2, 0.25) is 5.56 Å². The van der Waals surface area contributed by atoms with E-state index in [0.29, 0.717) is 0 Å². The van der Waals surface area contributed by atoms with Gasteiger partial charge in [-0.15, -0.1) is 0 Å². The molecule has 2 aromatic rings. The number of benzene rings is 1. The maximum absolute atomic E-state index is 11.3. The quantitative estimate of drug-likeness (QED) is 0.791. The molecule has 0 saturated carbocycles. The van der Waals surface area contributed by atoms with Crippen LogP contribution in [-0.2, 0) is 7.05 Å². The Hall–Kier alpha value is -2.03. The molecule has 3 heteroatoms. The van der Waals surface area contributed by atoms with Gasteiger partial charge in [-0.3, -0.25) is 4.79 Å². The van der Waals surface area contributed by atoms with Crippen LogP contribution in [0.15, 0.2) is 41.3 Å². The minimum Gasteiger partial charge on any atom is -0.497 e. The molecule has 17 heavy (non-hydrogen) atoms. The number of ether oxygens (including phenoxy) is 1. The molecule has 0 amide bonds. The first-order chi connectivity index (χ1) is 8.10. The van der Waals surface area contributed by atoms with Crippen LogP contribution in [0.1, 0.15) is 5.56 Å². The second kappa shape index (κ2) is 4.45. The molecule has 88 valence electrons. The summed E-state index contributed by atoms with van der Waals surface area (Å²) in [5, 5.41) is 0. The maximum atomic E-state index is 11.3. The lowest BCUT2D eigenvalue weighted by atomic mass is 10.0. The molecule has 0 fully saturated rings. The van der Waals surface area contributed by atoms with E-state index in [1.54, 1.807) is 24.8 Å². The van der Waals surface area contributed by atoms with Crippen LogP contribution in [0.25, 0.3) is 11.1 Å². The van der Waals surface area contributed by atoms with Crippen molar-refractivity contribution < 1.29 is 4.74 Å². The van der Waals surface area contributed by atoms with Crippen LogP contribution in [0.5, 0.6) is 5.75 Å². The maximum Gasteiger partial charge on any atom is 0.250 e. The second-order valence-corrected chi connectivity index (χ2v) is 4.11. The summed E-state index contributed by atoms with van der Waals surface area (Å²) in [6, 6.07) is 9.42. The Kier molecular flexibility index (Phi) is 3.00. The van der Waals surface area contributed by atoms with Gasteiger partial charge >= 0.3 is 0 Å². The zero-order valence-corrected chi connectivity index (χ0v) is 10.2. The Balaban J connectivity index is 2.55. The minimum atomic E-state index is -0.00614. The molecule has 1 heterocycles. The highest BCUT2D eigenvalue weighted by molar-refractivity contribution is 5.65. The van der Waals surface area contributed by atoms with Crippen molar-refractivity contribution in [2.45, 2.75) is 6.92 Å². The van der Waals surface area contributed by atoms with Crippen molar-refractivity contribution in [1.29, 1.82) is 0 Å². The van der Waals surface area contributed by atoms with E-state index in [1.807, 2.05) is 31.3 Å². The second-order valence-electron chi connectivity index (χ2n) is 4.11. The Labute approximate surface area is 100 Å². The first-order valence-corrected chi connectivity index (χ1v) is 5.43. The minimum absolute atomic E-state index is 0.00614. The molecular weight excluding hydrogens is 214 g/mol. The molecular formula is C14H15NO2. The standard InChI is InChI=1S/C14H15NO2/c1-10-6-12(8-13(7-10)17-3)11-4-5-14(16)15(2)9-11/h4-9H,1-3H3. The number of aryl methyl sites for hydroxylation is 2. The van der Waals surface area contributed by atoms with E-state index >= 15 is 0 Å². The van der Waals surface area contributed by atoms with E-state index in [1.165, 1.54) is 0 Å². The summed E-state index contributed by atoms with van der Waals surface area (Å²) < 4.78 is 6.82. The Bertz CT molecular complexity index is 599. The van der Waals surface area contributed by atoms with Crippen molar-refractivity contribution in [3.63, 3.8) is 0 Å². The van der Waals surface area contributed by atoms with Gasteiger partial charge in [-0.2, -0.15) is 0 Å². The molecule has 0 spiro atoms. The highest BCUT2D eigenvalue weighted by Gasteiger charge is 2.02. The fourth-order valence-corrected chi connectivity index (χ4v) is 1.80. The van der Waals surface area contributed by atoms with Gasteiger partial charge in [0, 0.05) is 19.3 Å². The molecule has 3 nitrogen and oxygen atoms in total. The number of nitrogens with zero attached hydrogens (tertiary/aromatic N) is 1. The van der Waals surface area contributed by atoms with Gasteiger partial charge in [0.15, 0.2) is 0 Å². The van der Waals surface area contributed by atoms with E-state index in [9.17, 15) is 4.79 Å². The number of hydrogen-bond acceptors (Lipinski definition) is 2. The van der Waals surface area contributed by atoms with Crippen molar-refractivity contribution in [3.05, 3.63) is 52.4 Å². The van der Waals surface area contributed by atoms with Gasteiger partial charge in [0.05, 0.1) is 7.11 Å². The summed E-state index contributed by atoms with van der Waals surface area (Å²) in [6.07, 6.45) is 1.83. The van der Waals surface area contributed by atoms with Crippen LogP contribution in [0.4, 0.5) is 0 Å². The Morgan fingerprint density at radius 3 is 2.53 bits per heavy atom. The van der Waals surface area contributed by atoms with Gasteiger partial charge in [-0.1, -0.05) is 6.07 Å². The third-order valence-electron chi connectivity index (χ3n) is 2.71. The van der Waals surface area contributed by atoms with E-state index in [0.717, 1.165) is 22.4 Å². The first-order valence-electron chi connectivity index (χ1n) is 5.43. The molecule has 0 aliphatic heterocycles. The predicted octanol–water partition coefficient (Wildman–Crippen LogP) is 2.37. The fraction of sp³-hybridized carbons (Fsp3) is 0.214. The monoisotopic (exact) mass is 229 g/mol. The highest BCUT2D eigenvalue weighted by atomic mass is 16.5. The number of methoxy groups -OCH3 is 1. The molecule has 0 radical (unpaired) electrons. The third kappa shape index (κ3) is 2.38. The molecule has 2 rings (SSSR count). The number of hydrogen-bond donors (Lipinski definition) is 0. The van der Waals surface area contributed by atoms with E-state index in [4.69, 9.17) is 4.74 Å². The normalized spacial score (nSPS) is 10.3. The molecule has 1 aromatic carbocycles. The highest BCUT2D eigenvalue weighted by Crippen LogP contribution is 2.24. The summed E-state index contributed by atoms with van der Waals surface area (Å²) in [6.45, 7) is 2.02. The predicted molar refractivity (Wildman–Crippen MR) is 68.4 cm³/mol. The zero-order valence-electron chi connectivity index (χ0n) is 10.2. The number of pyridine rings is 1. The van der Waals surface area contributed by atoms with Crippen LogP contribution < -0.4 is 10.3 Å². The van der Waals surface area contributed by atoms with Crippen LogP contribution in [-0.4, -0.2) is 11.7 Å². The third-order valence-corrected chi connectivity index (χ3v) is 2.71. The smallest absolute Gasteiger partial charge is 0.250 e. The van der Waals surface area contributed by atoms with Crippen LogP contribution in [0, 0.1) is 6.92 Å². The van der Waals surface area contributed by atoms with Gasteiger partial charge < -0.3 is 9.30 Å². The number of aromatic nitrogens is 1. The summed E-state index contributed by atoms with van der Waals surface area (Å²) in [7, 11) is 3.40. The van der Waals surface area contributed by atoms with Crippen molar-refractivity contribution in [2.24, 2.45) is 7.05 Å². The van der Waals surface area contributed by atoms with Gasteiger partial charge in [0.1, 0.15) is 5.75 Å². The fourth-order valence-electron chi connectivity index (χ4n) is 1.80. The summed E-state index contributed by atoms with van der Waals surface area (Å²) >= 11 is 0. The van der Waals surface area contributed by atoms with Crippen molar-refractivity contribution in [1.82, 2.24) is 4.57 Å². The van der Waals surface area contributed by atoms with E-state index in [2.05, 4.69) is 6.07 Å². The molecule has 1 aromatic heterocycles. The summed E-state index contributed by atoms with van der Waals surface area (Å²) in [5.41, 5.74) is 3.19. The van der Waals surface area contributed by atoms with Crippen molar-refractivity contribution >= 4 is 0 Å². The Morgan fingerprint density at radius 2 is 1.88 bits per heavy atom. The molecule has 0 aliphatic carbocycles. The first kappa shape index (κ1) is 11.5. The molecule has 0 saturated heterocycles. The molecule has 0 aliphatic rings. The average Bonchev–Trinajstić information content (AvgIpc) is 2.32. The van der Waals surface area contributed by atoms with Gasteiger partial charge in [0.25, 0.3) is 0 Å². The van der Waals surface area contributed by atoms with Crippen LogP contribution in [0.2, 0.25) is 0 Å². The Morgan fingerprint density at radius 1 is 1.12 bits per heavy atom. The van der Waals surface area contributed by atoms with Crippen molar-refractivity contribution in [2.75, 3.05) is 7.11 Å². The molecule has 0 atom stereocenters. The molecule has 0 unspecified atom stereocenters.